The molecule has 5 heteroatoms. The molecule has 0 aliphatic heterocycles. The Balaban J connectivity index is 2.71. The van der Waals surface area contributed by atoms with Crippen LogP contribution in [0.25, 0.3) is 0 Å². The summed E-state index contributed by atoms with van der Waals surface area (Å²) in [5, 5.41) is 3.14. The topological polar surface area (TPSA) is 64.3 Å². The average molecular weight is 257 g/mol. The number of amides is 1. The molecule has 1 aromatic rings. The fourth-order valence-electron chi connectivity index (χ4n) is 1.33. The van der Waals surface area contributed by atoms with Crippen LogP contribution < -0.4 is 15.8 Å². The predicted octanol–water partition coefficient (Wildman–Crippen LogP) is 1.70. The zero-order chi connectivity index (χ0) is 12.8. The van der Waals surface area contributed by atoms with Gasteiger partial charge in [0, 0.05) is 13.1 Å². The molecular weight excluding hydrogens is 240 g/mol. The number of ether oxygens (including phenoxy) is 1. The number of likely N-dealkylation sites (N-methyl/N-ethyl adjacent to an activating group) is 1. The van der Waals surface area contributed by atoms with E-state index in [9.17, 15) is 4.79 Å². The van der Waals surface area contributed by atoms with E-state index in [1.807, 2.05) is 13.0 Å². The van der Waals surface area contributed by atoms with E-state index in [0.717, 1.165) is 5.56 Å². The highest BCUT2D eigenvalue weighted by atomic mass is 35.5. The Hall–Kier alpha value is -1.26. The van der Waals surface area contributed by atoms with Gasteiger partial charge in [-0.25, -0.2) is 0 Å². The smallest absolute Gasteiger partial charge is 0.260 e. The van der Waals surface area contributed by atoms with Gasteiger partial charge in [-0.15, -0.1) is 0 Å². The van der Waals surface area contributed by atoms with E-state index in [2.05, 4.69) is 5.32 Å². The summed E-state index contributed by atoms with van der Waals surface area (Å²) >= 11 is 6.02. The molecule has 3 N–H and O–H groups in total. The molecule has 0 radical (unpaired) electrons. The molecule has 0 spiro atoms. The molecule has 0 bridgehead atoms. The maximum absolute atomic E-state index is 11.5. The minimum atomic E-state index is -0.573. The summed E-state index contributed by atoms with van der Waals surface area (Å²) < 4.78 is 5.47. The van der Waals surface area contributed by atoms with Crippen LogP contribution in [0.15, 0.2) is 18.2 Å². The van der Waals surface area contributed by atoms with Gasteiger partial charge in [0.05, 0.1) is 5.02 Å². The standard InChI is InChI=1S/C12H17ClN2O2/c1-3-15-12(16)8(2)17-11-5-4-9(7-14)6-10(11)13/h4-6,8H,3,7,14H2,1-2H3,(H,15,16). The molecule has 1 rings (SSSR count). The minimum absolute atomic E-state index is 0.161. The van der Waals surface area contributed by atoms with Crippen molar-refractivity contribution in [2.24, 2.45) is 5.73 Å². The Morgan fingerprint density at radius 3 is 2.82 bits per heavy atom. The molecule has 1 aromatic carbocycles. The Bertz CT molecular complexity index is 396. The number of hydrogen-bond donors (Lipinski definition) is 2. The van der Waals surface area contributed by atoms with E-state index in [1.165, 1.54) is 0 Å². The maximum Gasteiger partial charge on any atom is 0.260 e. The van der Waals surface area contributed by atoms with E-state index >= 15 is 0 Å². The fourth-order valence-corrected chi connectivity index (χ4v) is 1.58. The second kappa shape index (κ2) is 6.47. The lowest BCUT2D eigenvalue weighted by Gasteiger charge is -2.15. The molecule has 0 aliphatic carbocycles. The van der Waals surface area contributed by atoms with Gasteiger partial charge in [-0.2, -0.15) is 0 Å². The summed E-state index contributed by atoms with van der Waals surface area (Å²) in [4.78, 5) is 11.5. The SMILES string of the molecule is CCNC(=O)C(C)Oc1ccc(CN)cc1Cl. The zero-order valence-corrected chi connectivity index (χ0v) is 10.8. The van der Waals surface area contributed by atoms with E-state index in [1.54, 1.807) is 19.1 Å². The third kappa shape index (κ3) is 3.91. The van der Waals surface area contributed by atoms with Gasteiger partial charge in [-0.3, -0.25) is 4.79 Å². The normalized spacial score (nSPS) is 12.0. The summed E-state index contributed by atoms with van der Waals surface area (Å²) in [6, 6.07) is 5.28. The van der Waals surface area contributed by atoms with Crippen LogP contribution >= 0.6 is 11.6 Å². The summed E-state index contributed by atoms with van der Waals surface area (Å²) in [5.74, 6) is 0.328. The second-order valence-corrected chi connectivity index (χ2v) is 4.03. The van der Waals surface area contributed by atoms with Crippen LogP contribution in [0.4, 0.5) is 0 Å². The van der Waals surface area contributed by atoms with Crippen LogP contribution in [0.1, 0.15) is 19.4 Å². The van der Waals surface area contributed by atoms with Crippen molar-refractivity contribution in [3.8, 4) is 5.75 Å². The lowest BCUT2D eigenvalue weighted by Crippen LogP contribution is -2.36. The Kier molecular flexibility index (Phi) is 5.25. The Morgan fingerprint density at radius 2 is 2.29 bits per heavy atom. The van der Waals surface area contributed by atoms with Gasteiger partial charge in [0.1, 0.15) is 5.75 Å². The van der Waals surface area contributed by atoms with Gasteiger partial charge in [-0.1, -0.05) is 17.7 Å². The molecule has 1 atom stereocenters. The van der Waals surface area contributed by atoms with Crippen molar-refractivity contribution < 1.29 is 9.53 Å². The van der Waals surface area contributed by atoms with Gasteiger partial charge in [-0.05, 0) is 31.5 Å². The first-order valence-corrected chi connectivity index (χ1v) is 5.89. The second-order valence-electron chi connectivity index (χ2n) is 3.62. The van der Waals surface area contributed by atoms with E-state index in [4.69, 9.17) is 22.1 Å². The van der Waals surface area contributed by atoms with Crippen LogP contribution in [0, 0.1) is 0 Å². The number of halogens is 1. The average Bonchev–Trinajstić information content (AvgIpc) is 2.31. The predicted molar refractivity (Wildman–Crippen MR) is 68.1 cm³/mol. The van der Waals surface area contributed by atoms with Crippen molar-refractivity contribution in [3.05, 3.63) is 28.8 Å². The molecule has 1 amide bonds. The van der Waals surface area contributed by atoms with Crippen LogP contribution in [0.5, 0.6) is 5.75 Å². The number of nitrogens with two attached hydrogens (primary N) is 1. The third-order valence-electron chi connectivity index (χ3n) is 2.26. The van der Waals surface area contributed by atoms with Crippen LogP contribution in [0.3, 0.4) is 0 Å². The lowest BCUT2D eigenvalue weighted by molar-refractivity contribution is -0.127. The molecule has 0 saturated carbocycles. The largest absolute Gasteiger partial charge is 0.479 e. The maximum atomic E-state index is 11.5. The molecule has 94 valence electrons. The van der Waals surface area contributed by atoms with Crippen LogP contribution in [0.2, 0.25) is 5.02 Å². The van der Waals surface area contributed by atoms with Crippen molar-refractivity contribution in [1.82, 2.24) is 5.32 Å². The van der Waals surface area contributed by atoms with Crippen molar-refractivity contribution in [1.29, 1.82) is 0 Å². The van der Waals surface area contributed by atoms with Gasteiger partial charge in [0.15, 0.2) is 6.10 Å². The first-order chi connectivity index (χ1) is 8.08. The van der Waals surface area contributed by atoms with Crippen LogP contribution in [-0.2, 0) is 11.3 Å². The van der Waals surface area contributed by atoms with Gasteiger partial charge in [0.2, 0.25) is 0 Å². The highest BCUT2D eigenvalue weighted by Gasteiger charge is 2.15. The quantitative estimate of drug-likeness (QED) is 0.843. The van der Waals surface area contributed by atoms with Crippen molar-refractivity contribution in [2.75, 3.05) is 6.54 Å². The molecule has 0 aromatic heterocycles. The lowest BCUT2D eigenvalue weighted by atomic mass is 10.2. The van der Waals surface area contributed by atoms with Gasteiger partial charge >= 0.3 is 0 Å². The molecule has 1 unspecified atom stereocenters. The van der Waals surface area contributed by atoms with Crippen molar-refractivity contribution in [2.45, 2.75) is 26.5 Å². The Labute approximate surface area is 106 Å². The number of carbonyl (C=O) groups excluding carboxylic acids is 1. The fraction of sp³-hybridized carbons (Fsp3) is 0.417. The van der Waals surface area contributed by atoms with E-state index in [0.29, 0.717) is 23.9 Å². The number of nitrogens with one attached hydrogen (secondary N) is 1. The van der Waals surface area contributed by atoms with Gasteiger partial charge < -0.3 is 15.8 Å². The van der Waals surface area contributed by atoms with Crippen LogP contribution in [-0.4, -0.2) is 18.6 Å². The molecule has 4 nitrogen and oxygen atoms in total. The number of hydrogen-bond acceptors (Lipinski definition) is 3. The number of benzene rings is 1. The first-order valence-electron chi connectivity index (χ1n) is 5.51. The van der Waals surface area contributed by atoms with E-state index in [-0.39, 0.29) is 5.91 Å². The Morgan fingerprint density at radius 1 is 1.59 bits per heavy atom. The molecule has 17 heavy (non-hydrogen) atoms. The van der Waals surface area contributed by atoms with Crippen molar-refractivity contribution >= 4 is 17.5 Å². The summed E-state index contributed by atoms with van der Waals surface area (Å²) in [6.45, 7) is 4.53. The number of rotatable bonds is 5. The molecule has 0 fully saturated rings. The summed E-state index contributed by atoms with van der Waals surface area (Å²) in [7, 11) is 0. The zero-order valence-electron chi connectivity index (χ0n) is 10.00. The molecule has 0 saturated heterocycles. The monoisotopic (exact) mass is 256 g/mol. The van der Waals surface area contributed by atoms with Crippen molar-refractivity contribution in [3.63, 3.8) is 0 Å². The van der Waals surface area contributed by atoms with Gasteiger partial charge in [0.25, 0.3) is 5.91 Å². The first kappa shape index (κ1) is 13.8. The summed E-state index contributed by atoms with van der Waals surface area (Å²) in [6.07, 6.45) is -0.573. The highest BCUT2D eigenvalue weighted by molar-refractivity contribution is 6.32. The highest BCUT2D eigenvalue weighted by Crippen LogP contribution is 2.26. The summed E-state index contributed by atoms with van der Waals surface area (Å²) in [5.41, 5.74) is 6.42. The molecule has 0 heterocycles. The number of carbonyl (C=O) groups is 1. The molecule has 0 aliphatic rings. The third-order valence-corrected chi connectivity index (χ3v) is 2.55. The minimum Gasteiger partial charge on any atom is -0.479 e. The van der Waals surface area contributed by atoms with E-state index < -0.39 is 6.10 Å². The molecular formula is C12H17ClN2O2.